The average Bonchev–Trinajstić information content (AvgIpc) is 2.75. The van der Waals surface area contributed by atoms with Gasteiger partial charge in [-0.1, -0.05) is 43.5 Å². The summed E-state index contributed by atoms with van der Waals surface area (Å²) in [5.74, 6) is 0.129. The van der Waals surface area contributed by atoms with Gasteiger partial charge in [-0.25, -0.2) is 4.98 Å². The number of nitrogens with zero attached hydrogens (tertiary/aromatic N) is 2. The number of hydrogen-bond acceptors (Lipinski definition) is 3. The highest BCUT2D eigenvalue weighted by Gasteiger charge is 2.21. The van der Waals surface area contributed by atoms with Gasteiger partial charge in [0.1, 0.15) is 0 Å². The lowest BCUT2D eigenvalue weighted by molar-refractivity contribution is -0.121. The Labute approximate surface area is 135 Å². The summed E-state index contributed by atoms with van der Waals surface area (Å²) in [5, 5.41) is 3.97. The summed E-state index contributed by atoms with van der Waals surface area (Å²) in [6.45, 7) is 1.96. The van der Waals surface area contributed by atoms with E-state index in [1.54, 1.807) is 0 Å². The molecule has 1 N–H and O–H groups in total. The van der Waals surface area contributed by atoms with Crippen molar-refractivity contribution < 1.29 is 4.79 Å². The van der Waals surface area contributed by atoms with Crippen LogP contribution in [0.3, 0.4) is 0 Å². The molecule has 2 heterocycles. The van der Waals surface area contributed by atoms with Crippen molar-refractivity contribution >= 4 is 23.2 Å². The van der Waals surface area contributed by atoms with E-state index in [1.807, 2.05) is 41.9 Å². The summed E-state index contributed by atoms with van der Waals surface area (Å²) >= 11 is 1.52. The van der Waals surface area contributed by atoms with Crippen molar-refractivity contribution in [3.8, 4) is 0 Å². The summed E-state index contributed by atoms with van der Waals surface area (Å²) in [6, 6.07) is 6.35. The van der Waals surface area contributed by atoms with Crippen molar-refractivity contribution in [1.82, 2.24) is 14.7 Å². The minimum Gasteiger partial charge on any atom is -0.352 e. The molecule has 0 bridgehead atoms. The number of aromatic nitrogens is 2. The van der Waals surface area contributed by atoms with Crippen molar-refractivity contribution in [2.75, 3.05) is 0 Å². The first-order valence-corrected chi connectivity index (χ1v) is 9.01. The van der Waals surface area contributed by atoms with Gasteiger partial charge in [-0.05, 0) is 31.9 Å². The van der Waals surface area contributed by atoms with Gasteiger partial charge >= 0.3 is 0 Å². The summed E-state index contributed by atoms with van der Waals surface area (Å²) in [5.41, 5.74) is 1.06. The third-order valence-corrected chi connectivity index (χ3v) is 5.34. The van der Waals surface area contributed by atoms with Crippen LogP contribution in [0.5, 0.6) is 0 Å². The predicted molar refractivity (Wildman–Crippen MR) is 90.1 cm³/mol. The number of hydrogen-bond donors (Lipinski definition) is 1. The SMILES string of the molecule is C[C@@H](Sc1ncc2ccccn12)C(=O)NC1CCCCCC1. The monoisotopic (exact) mass is 317 g/mol. The molecule has 1 atom stereocenters. The summed E-state index contributed by atoms with van der Waals surface area (Å²) < 4.78 is 2.03. The lowest BCUT2D eigenvalue weighted by Gasteiger charge is -2.19. The maximum absolute atomic E-state index is 12.4. The van der Waals surface area contributed by atoms with Gasteiger partial charge in [-0.3, -0.25) is 9.20 Å². The van der Waals surface area contributed by atoms with Crippen LogP contribution in [0.1, 0.15) is 45.4 Å². The third kappa shape index (κ3) is 3.64. The molecule has 0 spiro atoms. The van der Waals surface area contributed by atoms with E-state index >= 15 is 0 Å². The Morgan fingerprint density at radius 3 is 2.86 bits per heavy atom. The van der Waals surface area contributed by atoms with E-state index in [0.717, 1.165) is 23.5 Å². The van der Waals surface area contributed by atoms with Crippen LogP contribution in [0.4, 0.5) is 0 Å². The number of imidazole rings is 1. The van der Waals surface area contributed by atoms with Crippen LogP contribution in [-0.2, 0) is 4.79 Å². The molecule has 2 aromatic rings. The van der Waals surface area contributed by atoms with E-state index in [-0.39, 0.29) is 11.2 Å². The maximum atomic E-state index is 12.4. The minimum absolute atomic E-state index is 0.129. The molecule has 3 rings (SSSR count). The van der Waals surface area contributed by atoms with Gasteiger partial charge in [0.25, 0.3) is 0 Å². The minimum atomic E-state index is -0.131. The second kappa shape index (κ2) is 7.18. The number of carbonyl (C=O) groups excluding carboxylic acids is 1. The summed E-state index contributed by atoms with van der Waals surface area (Å²) in [4.78, 5) is 16.8. The first kappa shape index (κ1) is 15.4. The van der Waals surface area contributed by atoms with Crippen molar-refractivity contribution in [2.45, 2.75) is 61.9 Å². The third-order valence-electron chi connectivity index (χ3n) is 4.26. The van der Waals surface area contributed by atoms with Gasteiger partial charge in [0.05, 0.1) is 17.0 Å². The molecule has 2 aromatic heterocycles. The molecule has 0 unspecified atom stereocenters. The van der Waals surface area contributed by atoms with Crippen LogP contribution in [0.15, 0.2) is 35.7 Å². The van der Waals surface area contributed by atoms with E-state index in [9.17, 15) is 4.79 Å². The molecule has 1 aliphatic carbocycles. The number of fused-ring (bicyclic) bond motifs is 1. The normalized spacial score (nSPS) is 18.0. The maximum Gasteiger partial charge on any atom is 0.233 e. The van der Waals surface area contributed by atoms with Gasteiger partial charge in [-0.15, -0.1) is 0 Å². The van der Waals surface area contributed by atoms with Gasteiger partial charge < -0.3 is 5.32 Å². The Morgan fingerprint density at radius 1 is 1.32 bits per heavy atom. The number of pyridine rings is 1. The standard InChI is InChI=1S/C17H23N3OS/c1-13(16(21)19-14-8-4-2-3-5-9-14)22-17-18-12-15-10-6-7-11-20(15)17/h6-7,10-14H,2-5,8-9H2,1H3,(H,19,21)/t13-/m1/s1. The zero-order valence-electron chi connectivity index (χ0n) is 13.0. The van der Waals surface area contributed by atoms with E-state index < -0.39 is 0 Å². The van der Waals surface area contributed by atoms with E-state index in [2.05, 4.69) is 10.3 Å². The van der Waals surface area contributed by atoms with Crippen molar-refractivity contribution in [2.24, 2.45) is 0 Å². The first-order chi connectivity index (χ1) is 10.7. The number of rotatable bonds is 4. The Morgan fingerprint density at radius 2 is 2.09 bits per heavy atom. The van der Waals surface area contributed by atoms with Crippen LogP contribution >= 0.6 is 11.8 Å². The zero-order valence-corrected chi connectivity index (χ0v) is 13.8. The molecule has 1 amide bonds. The van der Waals surface area contributed by atoms with Gasteiger partial charge in [0.15, 0.2) is 5.16 Å². The molecule has 5 heteroatoms. The second-order valence-electron chi connectivity index (χ2n) is 5.99. The largest absolute Gasteiger partial charge is 0.352 e. The van der Waals surface area contributed by atoms with Gasteiger partial charge in [-0.2, -0.15) is 0 Å². The highest BCUT2D eigenvalue weighted by molar-refractivity contribution is 8.00. The fourth-order valence-electron chi connectivity index (χ4n) is 2.96. The zero-order chi connectivity index (χ0) is 15.4. The molecule has 0 radical (unpaired) electrons. The summed E-state index contributed by atoms with van der Waals surface area (Å²) in [6.07, 6.45) is 11.1. The quantitative estimate of drug-likeness (QED) is 0.691. The Kier molecular flexibility index (Phi) is 5.03. The van der Waals surface area contributed by atoms with Crippen LogP contribution < -0.4 is 5.32 Å². The first-order valence-electron chi connectivity index (χ1n) is 8.13. The smallest absolute Gasteiger partial charge is 0.233 e. The van der Waals surface area contributed by atoms with E-state index in [4.69, 9.17) is 0 Å². The lowest BCUT2D eigenvalue weighted by Crippen LogP contribution is -2.39. The molecule has 118 valence electrons. The lowest BCUT2D eigenvalue weighted by atomic mass is 10.1. The molecule has 1 aliphatic rings. The molecule has 0 aliphatic heterocycles. The van der Waals surface area contributed by atoms with Crippen molar-refractivity contribution in [1.29, 1.82) is 0 Å². The molecule has 0 saturated heterocycles. The van der Waals surface area contributed by atoms with Crippen LogP contribution in [-0.4, -0.2) is 26.6 Å². The fourth-order valence-corrected chi connectivity index (χ4v) is 3.85. The topological polar surface area (TPSA) is 46.4 Å². The molecule has 0 aromatic carbocycles. The van der Waals surface area contributed by atoms with Crippen molar-refractivity contribution in [3.05, 3.63) is 30.6 Å². The fraction of sp³-hybridized carbons (Fsp3) is 0.529. The second-order valence-corrected chi connectivity index (χ2v) is 7.30. The van der Waals surface area contributed by atoms with Crippen LogP contribution in [0.2, 0.25) is 0 Å². The summed E-state index contributed by atoms with van der Waals surface area (Å²) in [7, 11) is 0. The molecule has 22 heavy (non-hydrogen) atoms. The average molecular weight is 317 g/mol. The molecular weight excluding hydrogens is 294 g/mol. The highest BCUT2D eigenvalue weighted by Crippen LogP contribution is 2.24. The number of amides is 1. The van der Waals surface area contributed by atoms with Crippen molar-refractivity contribution in [3.63, 3.8) is 0 Å². The van der Waals surface area contributed by atoms with E-state index in [0.29, 0.717) is 6.04 Å². The van der Waals surface area contributed by atoms with E-state index in [1.165, 1.54) is 37.4 Å². The molecular formula is C17H23N3OS. The molecule has 1 saturated carbocycles. The number of thioether (sulfide) groups is 1. The highest BCUT2D eigenvalue weighted by atomic mass is 32.2. The molecule has 4 nitrogen and oxygen atoms in total. The van der Waals surface area contributed by atoms with Crippen LogP contribution in [0.25, 0.3) is 5.52 Å². The Bertz CT molecular complexity index is 632. The number of nitrogens with one attached hydrogen (secondary N) is 1. The number of carbonyl (C=O) groups is 1. The molecule has 1 fully saturated rings. The Hall–Kier alpha value is -1.49. The van der Waals surface area contributed by atoms with Gasteiger partial charge in [0, 0.05) is 12.2 Å². The predicted octanol–water partition coefficient (Wildman–Crippen LogP) is 3.65. The van der Waals surface area contributed by atoms with Crippen LogP contribution in [0, 0.1) is 0 Å². The van der Waals surface area contributed by atoms with Gasteiger partial charge in [0.2, 0.25) is 5.91 Å². The Balaban J connectivity index is 1.61.